The predicted molar refractivity (Wildman–Crippen MR) is 109 cm³/mol. The van der Waals surface area contributed by atoms with Crippen molar-refractivity contribution < 1.29 is 0 Å². The molecule has 2 N–H and O–H groups in total. The Morgan fingerprint density at radius 3 is 2.50 bits per heavy atom. The number of H-pyrrole nitrogens is 1. The van der Waals surface area contributed by atoms with E-state index in [0.717, 1.165) is 34.3 Å². The molecule has 0 radical (unpaired) electrons. The third-order valence-corrected chi connectivity index (χ3v) is 5.21. The molecule has 132 valence electrons. The van der Waals surface area contributed by atoms with E-state index in [4.69, 9.17) is 12.2 Å². The lowest BCUT2D eigenvalue weighted by atomic mass is 10.0. The summed E-state index contributed by atoms with van der Waals surface area (Å²) < 4.78 is 0. The first-order valence-electron chi connectivity index (χ1n) is 8.92. The maximum atomic E-state index is 5.72. The Morgan fingerprint density at radius 2 is 1.88 bits per heavy atom. The SMILES string of the molecule is CCc1ccc(N2C(=S)N[C@H](c3ccccn3)[C@@H]2c2ccc(C)[nH]2)cc1. The number of aromatic amines is 1. The molecule has 0 bridgehead atoms. The third kappa shape index (κ3) is 2.99. The number of aryl methyl sites for hydroxylation is 2. The minimum Gasteiger partial charge on any atom is -0.361 e. The van der Waals surface area contributed by atoms with Crippen molar-refractivity contribution in [1.29, 1.82) is 0 Å². The van der Waals surface area contributed by atoms with Crippen molar-refractivity contribution in [3.63, 3.8) is 0 Å². The summed E-state index contributed by atoms with van der Waals surface area (Å²) in [5.74, 6) is 0. The average molecular weight is 363 g/mol. The van der Waals surface area contributed by atoms with Gasteiger partial charge in [0.2, 0.25) is 0 Å². The van der Waals surface area contributed by atoms with Crippen LogP contribution >= 0.6 is 12.2 Å². The molecule has 0 aliphatic carbocycles. The van der Waals surface area contributed by atoms with Crippen LogP contribution in [0.25, 0.3) is 0 Å². The number of aromatic nitrogens is 2. The summed E-state index contributed by atoms with van der Waals surface area (Å²) in [5.41, 5.74) is 5.67. The van der Waals surface area contributed by atoms with Gasteiger partial charge in [-0.1, -0.05) is 25.1 Å². The summed E-state index contributed by atoms with van der Waals surface area (Å²) in [4.78, 5) is 10.3. The maximum absolute atomic E-state index is 5.72. The van der Waals surface area contributed by atoms with Gasteiger partial charge in [0, 0.05) is 23.3 Å². The van der Waals surface area contributed by atoms with E-state index in [2.05, 4.69) is 70.4 Å². The molecule has 0 spiro atoms. The smallest absolute Gasteiger partial charge is 0.174 e. The van der Waals surface area contributed by atoms with Crippen molar-refractivity contribution >= 4 is 23.0 Å². The van der Waals surface area contributed by atoms with Crippen LogP contribution < -0.4 is 10.2 Å². The van der Waals surface area contributed by atoms with Gasteiger partial charge in [-0.05, 0) is 67.5 Å². The largest absolute Gasteiger partial charge is 0.361 e. The molecule has 26 heavy (non-hydrogen) atoms. The number of thiocarbonyl (C=S) groups is 1. The molecule has 1 saturated heterocycles. The summed E-state index contributed by atoms with van der Waals surface area (Å²) in [7, 11) is 0. The Bertz CT molecular complexity index is 901. The van der Waals surface area contributed by atoms with Crippen molar-refractivity contribution in [2.45, 2.75) is 32.4 Å². The van der Waals surface area contributed by atoms with Gasteiger partial charge in [-0.2, -0.15) is 0 Å². The molecule has 0 saturated carbocycles. The van der Waals surface area contributed by atoms with Crippen molar-refractivity contribution in [3.05, 3.63) is 83.4 Å². The Kier molecular flexibility index (Phi) is 4.47. The summed E-state index contributed by atoms with van der Waals surface area (Å²) in [6.45, 7) is 4.24. The fourth-order valence-corrected chi connectivity index (χ4v) is 3.89. The Balaban J connectivity index is 1.79. The summed E-state index contributed by atoms with van der Waals surface area (Å²) in [6.07, 6.45) is 2.86. The molecule has 1 fully saturated rings. The molecular formula is C21H22N4S. The van der Waals surface area contributed by atoms with Crippen LogP contribution in [-0.2, 0) is 6.42 Å². The van der Waals surface area contributed by atoms with E-state index >= 15 is 0 Å². The van der Waals surface area contributed by atoms with Gasteiger partial charge in [0.15, 0.2) is 5.11 Å². The number of rotatable bonds is 4. The van der Waals surface area contributed by atoms with Gasteiger partial charge in [0.25, 0.3) is 0 Å². The van der Waals surface area contributed by atoms with E-state index < -0.39 is 0 Å². The van der Waals surface area contributed by atoms with E-state index in [1.165, 1.54) is 5.56 Å². The van der Waals surface area contributed by atoms with Crippen LogP contribution in [0, 0.1) is 6.92 Å². The van der Waals surface area contributed by atoms with Gasteiger partial charge in [0.1, 0.15) is 6.04 Å². The standard InChI is InChI=1S/C21H22N4S/c1-3-15-8-10-16(11-9-15)25-20(18-12-7-14(2)23-18)19(24-21(25)26)17-6-4-5-13-22-17/h4-13,19-20,23H,3H2,1-2H3,(H,24,26)/t19-,20+/m1/s1. The van der Waals surface area contributed by atoms with E-state index in [1.54, 1.807) is 0 Å². The van der Waals surface area contributed by atoms with Gasteiger partial charge in [-0.15, -0.1) is 0 Å². The van der Waals surface area contributed by atoms with Crippen LogP contribution in [0.1, 0.15) is 41.7 Å². The Labute approximate surface area is 159 Å². The van der Waals surface area contributed by atoms with E-state index in [-0.39, 0.29) is 12.1 Å². The fourth-order valence-electron chi connectivity index (χ4n) is 3.54. The Hall–Kier alpha value is -2.66. The zero-order valence-electron chi connectivity index (χ0n) is 14.9. The second-order valence-electron chi connectivity index (χ2n) is 6.61. The fraction of sp³-hybridized carbons (Fsp3) is 0.238. The second kappa shape index (κ2) is 6.92. The lowest BCUT2D eigenvalue weighted by Crippen LogP contribution is -2.29. The van der Waals surface area contributed by atoms with Gasteiger partial charge in [-0.3, -0.25) is 4.98 Å². The van der Waals surface area contributed by atoms with Gasteiger partial charge < -0.3 is 15.2 Å². The van der Waals surface area contributed by atoms with Crippen molar-refractivity contribution in [3.8, 4) is 0 Å². The number of benzene rings is 1. The topological polar surface area (TPSA) is 44.0 Å². The zero-order valence-corrected chi connectivity index (χ0v) is 15.8. The molecule has 2 atom stereocenters. The summed E-state index contributed by atoms with van der Waals surface area (Å²) in [6, 6.07) is 18.9. The number of pyridine rings is 1. The van der Waals surface area contributed by atoms with Crippen LogP contribution in [0.4, 0.5) is 5.69 Å². The van der Waals surface area contributed by atoms with Crippen molar-refractivity contribution in [2.75, 3.05) is 4.90 Å². The van der Waals surface area contributed by atoms with Gasteiger partial charge in [0.05, 0.1) is 11.7 Å². The highest BCUT2D eigenvalue weighted by atomic mass is 32.1. The monoisotopic (exact) mass is 362 g/mol. The van der Waals surface area contributed by atoms with Crippen molar-refractivity contribution in [2.24, 2.45) is 0 Å². The second-order valence-corrected chi connectivity index (χ2v) is 7.00. The maximum Gasteiger partial charge on any atom is 0.174 e. The highest BCUT2D eigenvalue weighted by molar-refractivity contribution is 7.80. The number of hydrogen-bond donors (Lipinski definition) is 2. The van der Waals surface area contributed by atoms with Crippen LogP contribution in [0.2, 0.25) is 0 Å². The summed E-state index contributed by atoms with van der Waals surface area (Å²) in [5, 5.41) is 4.20. The van der Waals surface area contributed by atoms with Crippen LogP contribution in [0.5, 0.6) is 0 Å². The number of hydrogen-bond acceptors (Lipinski definition) is 2. The van der Waals surface area contributed by atoms with E-state index in [0.29, 0.717) is 0 Å². The van der Waals surface area contributed by atoms with Crippen LogP contribution in [-0.4, -0.2) is 15.1 Å². The number of anilines is 1. The predicted octanol–water partition coefficient (Wildman–Crippen LogP) is 4.46. The molecule has 5 heteroatoms. The molecule has 1 aliphatic heterocycles. The highest BCUT2D eigenvalue weighted by Gasteiger charge is 2.41. The Morgan fingerprint density at radius 1 is 1.08 bits per heavy atom. The van der Waals surface area contributed by atoms with Gasteiger partial charge >= 0.3 is 0 Å². The molecule has 2 aromatic heterocycles. The molecule has 0 amide bonds. The molecule has 4 nitrogen and oxygen atoms in total. The minimum atomic E-state index is -0.00685. The lowest BCUT2D eigenvalue weighted by Gasteiger charge is -2.27. The first kappa shape index (κ1) is 16.8. The quantitative estimate of drug-likeness (QED) is 0.673. The molecule has 3 aromatic rings. The minimum absolute atomic E-state index is 0.00685. The normalized spacial score (nSPS) is 19.6. The molecule has 3 heterocycles. The lowest BCUT2D eigenvalue weighted by molar-refractivity contribution is 0.558. The highest BCUT2D eigenvalue weighted by Crippen LogP contribution is 2.41. The van der Waals surface area contributed by atoms with Crippen LogP contribution in [0.3, 0.4) is 0 Å². The molecule has 1 aliphatic rings. The van der Waals surface area contributed by atoms with E-state index in [1.807, 2.05) is 24.4 Å². The third-order valence-electron chi connectivity index (χ3n) is 4.89. The van der Waals surface area contributed by atoms with Crippen molar-refractivity contribution in [1.82, 2.24) is 15.3 Å². The summed E-state index contributed by atoms with van der Waals surface area (Å²) >= 11 is 5.72. The van der Waals surface area contributed by atoms with Gasteiger partial charge in [-0.25, -0.2) is 0 Å². The number of nitrogens with zero attached hydrogens (tertiary/aromatic N) is 2. The average Bonchev–Trinajstić information content (AvgIpc) is 3.25. The first-order valence-corrected chi connectivity index (χ1v) is 9.33. The first-order chi connectivity index (χ1) is 12.7. The molecule has 1 aromatic carbocycles. The molecule has 0 unspecified atom stereocenters. The number of nitrogens with one attached hydrogen (secondary N) is 2. The van der Waals surface area contributed by atoms with Crippen LogP contribution in [0.15, 0.2) is 60.8 Å². The molecular weight excluding hydrogens is 340 g/mol. The zero-order chi connectivity index (χ0) is 18.1. The molecule has 4 rings (SSSR count). The van der Waals surface area contributed by atoms with E-state index in [9.17, 15) is 0 Å².